The van der Waals surface area contributed by atoms with Crippen LogP contribution in [0.2, 0.25) is 0 Å². The topological polar surface area (TPSA) is 138 Å². The molecule has 0 atom stereocenters. The number of rotatable bonds is 9. The number of hydrogen-bond acceptors (Lipinski definition) is 10. The molecule has 32 heavy (non-hydrogen) atoms. The molecule has 0 fully saturated rings. The quantitative estimate of drug-likeness (QED) is 0.179. The van der Waals surface area contributed by atoms with Gasteiger partial charge in [-0.05, 0) is 42.0 Å². The molecule has 10 nitrogen and oxygen atoms in total. The highest BCUT2D eigenvalue weighted by Gasteiger charge is 2.10. The van der Waals surface area contributed by atoms with Gasteiger partial charge >= 0.3 is 0 Å². The van der Waals surface area contributed by atoms with Crippen LogP contribution in [0.1, 0.15) is 12.0 Å². The van der Waals surface area contributed by atoms with E-state index in [4.69, 9.17) is 9.84 Å². The normalized spacial score (nSPS) is 11.0. The zero-order chi connectivity index (χ0) is 22.2. The molecule has 2 aromatic heterocycles. The molecule has 0 aliphatic heterocycles. The molecule has 162 valence electrons. The number of aliphatic hydroxyl groups excluding tert-OH is 1. The molecule has 2 heterocycles. The van der Waals surface area contributed by atoms with Crippen LogP contribution >= 0.6 is 0 Å². The Morgan fingerprint density at radius 2 is 1.69 bits per heavy atom. The smallest absolute Gasteiger partial charge is 0.176 e. The second-order valence-corrected chi connectivity index (χ2v) is 6.68. The van der Waals surface area contributed by atoms with E-state index < -0.39 is 0 Å². The number of aromatic nitrogens is 4. The molecule has 0 amide bonds. The van der Waals surface area contributed by atoms with Gasteiger partial charge in [0.05, 0.1) is 12.8 Å². The van der Waals surface area contributed by atoms with E-state index in [0.717, 1.165) is 11.3 Å². The lowest BCUT2D eigenvalue weighted by atomic mass is 10.2. The van der Waals surface area contributed by atoms with E-state index in [-0.39, 0.29) is 12.4 Å². The molecule has 4 rings (SSSR count). The van der Waals surface area contributed by atoms with E-state index in [1.165, 1.54) is 12.7 Å². The average molecular weight is 431 g/mol. The van der Waals surface area contributed by atoms with E-state index in [9.17, 15) is 5.11 Å². The van der Waals surface area contributed by atoms with E-state index in [0.29, 0.717) is 41.4 Å². The lowest BCUT2D eigenvalue weighted by Crippen LogP contribution is -2.02. The summed E-state index contributed by atoms with van der Waals surface area (Å²) in [6, 6.07) is 14.1. The summed E-state index contributed by atoms with van der Waals surface area (Å²) in [6.45, 7) is 0.517. The van der Waals surface area contributed by atoms with E-state index in [2.05, 4.69) is 35.8 Å². The Hall–Kier alpha value is -4.31. The molecule has 2 aromatic carbocycles. The molecule has 0 saturated carbocycles. The van der Waals surface area contributed by atoms with Crippen LogP contribution in [0.4, 0.5) is 17.3 Å². The first-order chi connectivity index (χ1) is 15.7. The summed E-state index contributed by atoms with van der Waals surface area (Å²) < 4.78 is 5.62. The Balaban J connectivity index is 1.53. The summed E-state index contributed by atoms with van der Waals surface area (Å²) in [6.07, 6.45) is 5.00. The SMILES string of the molecule is OCCCOc1cccc(Nc2ncnc3c(N/N=C/c4ccc(O)cc4)ncnc23)c1. The fourth-order valence-electron chi connectivity index (χ4n) is 2.84. The highest BCUT2D eigenvalue weighted by atomic mass is 16.5. The van der Waals surface area contributed by atoms with Crippen LogP contribution < -0.4 is 15.5 Å². The predicted molar refractivity (Wildman–Crippen MR) is 121 cm³/mol. The van der Waals surface area contributed by atoms with Crippen molar-refractivity contribution in [3.05, 3.63) is 66.7 Å². The summed E-state index contributed by atoms with van der Waals surface area (Å²) in [4.78, 5) is 17.1. The van der Waals surface area contributed by atoms with Crippen molar-refractivity contribution in [2.24, 2.45) is 5.10 Å². The minimum atomic E-state index is 0.0833. The van der Waals surface area contributed by atoms with E-state index in [1.807, 2.05) is 24.3 Å². The van der Waals surface area contributed by atoms with Crippen molar-refractivity contribution in [2.45, 2.75) is 6.42 Å². The van der Waals surface area contributed by atoms with Gasteiger partial charge in [0.25, 0.3) is 0 Å². The number of anilines is 3. The number of aliphatic hydroxyl groups is 1. The first-order valence-electron chi connectivity index (χ1n) is 9.87. The second kappa shape index (κ2) is 10.1. The van der Waals surface area contributed by atoms with Gasteiger partial charge in [-0.3, -0.25) is 5.43 Å². The van der Waals surface area contributed by atoms with Crippen LogP contribution in [-0.4, -0.2) is 49.6 Å². The number of phenols is 1. The highest BCUT2D eigenvalue weighted by Crippen LogP contribution is 2.26. The van der Waals surface area contributed by atoms with Gasteiger partial charge in [0.2, 0.25) is 0 Å². The number of hydrogen-bond donors (Lipinski definition) is 4. The van der Waals surface area contributed by atoms with Crippen LogP contribution in [0.25, 0.3) is 11.0 Å². The fourth-order valence-corrected chi connectivity index (χ4v) is 2.84. The van der Waals surface area contributed by atoms with Gasteiger partial charge in [-0.25, -0.2) is 19.9 Å². The van der Waals surface area contributed by atoms with Crippen LogP contribution in [0, 0.1) is 0 Å². The van der Waals surface area contributed by atoms with Crippen molar-refractivity contribution in [1.29, 1.82) is 0 Å². The Morgan fingerprint density at radius 3 is 2.47 bits per heavy atom. The first kappa shape index (κ1) is 20.9. The number of benzene rings is 2. The first-order valence-corrected chi connectivity index (χ1v) is 9.87. The monoisotopic (exact) mass is 431 g/mol. The number of aromatic hydroxyl groups is 1. The standard InChI is InChI=1S/C22H21N7O3/c30-9-2-10-32-18-4-1-3-16(11-18)28-21-19-20(24-13-25-21)22(26-14-23-19)29-27-12-15-5-7-17(31)8-6-15/h1,3-8,11-14,30-31H,2,9-10H2,(H,23,26,29)(H,24,25,28)/b27-12+. The van der Waals surface area contributed by atoms with Gasteiger partial charge in [0.15, 0.2) is 11.6 Å². The maximum absolute atomic E-state index is 9.36. The third kappa shape index (κ3) is 5.24. The molecule has 0 saturated heterocycles. The number of nitrogens with one attached hydrogen (secondary N) is 2. The van der Waals surface area contributed by atoms with Crippen molar-refractivity contribution in [3.8, 4) is 11.5 Å². The fraction of sp³-hybridized carbons (Fsp3) is 0.136. The lowest BCUT2D eigenvalue weighted by Gasteiger charge is -2.11. The molecule has 0 spiro atoms. The van der Waals surface area contributed by atoms with Gasteiger partial charge in [-0.2, -0.15) is 5.10 Å². The molecular weight excluding hydrogens is 410 g/mol. The number of ether oxygens (including phenoxy) is 1. The minimum absolute atomic E-state index is 0.0833. The largest absolute Gasteiger partial charge is 0.508 e. The molecule has 0 unspecified atom stereocenters. The summed E-state index contributed by atoms with van der Waals surface area (Å²) in [7, 11) is 0. The molecule has 10 heteroatoms. The van der Waals surface area contributed by atoms with Gasteiger partial charge in [-0.15, -0.1) is 0 Å². The minimum Gasteiger partial charge on any atom is -0.508 e. The second-order valence-electron chi connectivity index (χ2n) is 6.68. The van der Waals surface area contributed by atoms with Gasteiger partial charge in [0, 0.05) is 24.8 Å². The molecule has 4 aromatic rings. The number of phenolic OH excluding ortho intramolecular Hbond substituents is 1. The zero-order valence-electron chi connectivity index (χ0n) is 17.0. The summed E-state index contributed by atoms with van der Waals surface area (Å²) >= 11 is 0. The maximum Gasteiger partial charge on any atom is 0.176 e. The Kier molecular flexibility index (Phi) is 6.63. The van der Waals surface area contributed by atoms with Crippen molar-refractivity contribution >= 4 is 34.6 Å². The number of fused-ring (bicyclic) bond motifs is 1. The number of nitrogens with zero attached hydrogens (tertiary/aromatic N) is 5. The highest BCUT2D eigenvalue weighted by molar-refractivity contribution is 5.93. The van der Waals surface area contributed by atoms with E-state index >= 15 is 0 Å². The van der Waals surface area contributed by atoms with Gasteiger partial charge in [-0.1, -0.05) is 6.07 Å². The van der Waals surface area contributed by atoms with Crippen molar-refractivity contribution in [1.82, 2.24) is 19.9 Å². The lowest BCUT2D eigenvalue weighted by molar-refractivity contribution is 0.233. The van der Waals surface area contributed by atoms with E-state index in [1.54, 1.807) is 30.5 Å². The Morgan fingerprint density at radius 1 is 0.938 bits per heavy atom. The Labute approximate surface area is 183 Å². The van der Waals surface area contributed by atoms with Crippen molar-refractivity contribution in [3.63, 3.8) is 0 Å². The predicted octanol–water partition coefficient (Wildman–Crippen LogP) is 3.08. The van der Waals surface area contributed by atoms with Crippen molar-refractivity contribution < 1.29 is 14.9 Å². The van der Waals surface area contributed by atoms with Gasteiger partial charge < -0.3 is 20.3 Å². The third-order valence-electron chi connectivity index (χ3n) is 4.37. The molecule has 0 aliphatic rings. The summed E-state index contributed by atoms with van der Waals surface area (Å²) in [5, 5.41) is 25.7. The summed E-state index contributed by atoms with van der Waals surface area (Å²) in [5.41, 5.74) is 5.48. The maximum atomic E-state index is 9.36. The van der Waals surface area contributed by atoms with Crippen LogP contribution in [-0.2, 0) is 0 Å². The summed E-state index contributed by atoms with van der Waals surface area (Å²) in [5.74, 6) is 1.81. The molecular formula is C22H21N7O3. The van der Waals surface area contributed by atoms with Crippen LogP contribution in [0.5, 0.6) is 11.5 Å². The molecule has 0 bridgehead atoms. The molecule has 0 aliphatic carbocycles. The van der Waals surface area contributed by atoms with Crippen LogP contribution in [0.15, 0.2) is 66.3 Å². The number of hydrazone groups is 1. The Bertz CT molecular complexity index is 1220. The zero-order valence-corrected chi connectivity index (χ0v) is 17.0. The molecule has 0 radical (unpaired) electrons. The average Bonchev–Trinajstić information content (AvgIpc) is 2.81. The van der Waals surface area contributed by atoms with Gasteiger partial charge in [0.1, 0.15) is 35.2 Å². The van der Waals surface area contributed by atoms with Crippen LogP contribution in [0.3, 0.4) is 0 Å². The molecule has 4 N–H and O–H groups in total. The van der Waals surface area contributed by atoms with Crippen molar-refractivity contribution in [2.75, 3.05) is 24.0 Å². The third-order valence-corrected chi connectivity index (χ3v) is 4.37.